The van der Waals surface area contributed by atoms with Crippen molar-refractivity contribution in [3.05, 3.63) is 24.5 Å². The Labute approximate surface area is 69.4 Å². The van der Waals surface area contributed by atoms with Crippen LogP contribution in [0.3, 0.4) is 0 Å². The predicted molar refractivity (Wildman–Crippen MR) is 49.7 cm³/mol. The number of unbranched alkanes of at least 4 members (excludes halogenated alkanes) is 3. The van der Waals surface area contributed by atoms with Crippen LogP contribution >= 0.6 is 0 Å². The Morgan fingerprint density at radius 3 is 2.64 bits per heavy atom. The van der Waals surface area contributed by atoms with Gasteiger partial charge in [-0.3, -0.25) is 0 Å². The predicted octanol–water partition coefficient (Wildman–Crippen LogP) is 3.58. The zero-order chi connectivity index (χ0) is 8.53. The van der Waals surface area contributed by atoms with E-state index in [-0.39, 0.29) is 0 Å². The van der Waals surface area contributed by atoms with Crippen LogP contribution in [0.4, 0.5) is 0 Å². The molecule has 0 fully saturated rings. The summed E-state index contributed by atoms with van der Waals surface area (Å²) in [5, 5.41) is 9.14. The van der Waals surface area contributed by atoms with Crippen LogP contribution in [-0.4, -0.2) is 5.11 Å². The average molecular weight is 154 g/mol. The van der Waals surface area contributed by atoms with Gasteiger partial charge in [-0.05, 0) is 12.5 Å². The van der Waals surface area contributed by atoms with Crippen molar-refractivity contribution in [2.75, 3.05) is 0 Å². The number of hydrogen-bond acceptors (Lipinski definition) is 1. The second kappa shape index (κ2) is 7.39. The monoisotopic (exact) mass is 154 g/mol. The van der Waals surface area contributed by atoms with Crippen molar-refractivity contribution in [3.8, 4) is 0 Å². The summed E-state index contributed by atoms with van der Waals surface area (Å²) >= 11 is 0. The van der Waals surface area contributed by atoms with Gasteiger partial charge in [0, 0.05) is 6.42 Å². The third kappa shape index (κ3) is 7.17. The maximum absolute atomic E-state index is 9.14. The molecule has 1 N–H and O–H groups in total. The fourth-order valence-electron chi connectivity index (χ4n) is 0.952. The lowest BCUT2D eigenvalue weighted by Crippen LogP contribution is -1.81. The first-order chi connectivity index (χ1) is 5.31. The molecule has 11 heavy (non-hydrogen) atoms. The fraction of sp³-hybridized carbons (Fsp3) is 0.600. The first-order valence-corrected chi connectivity index (χ1v) is 4.31. The highest BCUT2D eigenvalue weighted by Gasteiger charge is 1.91. The lowest BCUT2D eigenvalue weighted by molar-refractivity contribution is 0.381. The van der Waals surface area contributed by atoms with Gasteiger partial charge in [-0.1, -0.05) is 38.8 Å². The van der Waals surface area contributed by atoms with Crippen molar-refractivity contribution >= 4 is 0 Å². The lowest BCUT2D eigenvalue weighted by Gasteiger charge is -1.97. The van der Waals surface area contributed by atoms with E-state index in [1.165, 1.54) is 19.3 Å². The van der Waals surface area contributed by atoms with Gasteiger partial charge >= 0.3 is 0 Å². The number of aliphatic hydroxyl groups is 1. The molecule has 0 bridgehead atoms. The summed E-state index contributed by atoms with van der Waals surface area (Å²) in [6.07, 6.45) is 8.88. The molecule has 1 heteroatoms. The number of hydrogen-bond donors (Lipinski definition) is 1. The Hall–Kier alpha value is -0.720. The molecule has 0 aliphatic rings. The van der Waals surface area contributed by atoms with Crippen LogP contribution < -0.4 is 0 Å². The Morgan fingerprint density at radius 2 is 2.09 bits per heavy atom. The molecule has 0 saturated heterocycles. The van der Waals surface area contributed by atoms with E-state index in [9.17, 15) is 0 Å². The minimum absolute atomic E-state index is 0.455. The molecule has 0 rings (SSSR count). The third-order valence-corrected chi connectivity index (χ3v) is 1.60. The van der Waals surface area contributed by atoms with Crippen LogP contribution in [0.15, 0.2) is 24.5 Å². The summed E-state index contributed by atoms with van der Waals surface area (Å²) in [6, 6.07) is 0. The van der Waals surface area contributed by atoms with Gasteiger partial charge in [0.15, 0.2) is 0 Å². The van der Waals surface area contributed by atoms with Gasteiger partial charge in [0.2, 0.25) is 0 Å². The number of allylic oxidation sites excluding steroid dienone is 3. The van der Waals surface area contributed by atoms with E-state index >= 15 is 0 Å². The van der Waals surface area contributed by atoms with Crippen molar-refractivity contribution in [3.63, 3.8) is 0 Å². The smallest absolute Gasteiger partial charge is 0.0922 e. The van der Waals surface area contributed by atoms with E-state index in [0.29, 0.717) is 5.76 Å². The van der Waals surface area contributed by atoms with E-state index in [1.54, 1.807) is 12.2 Å². The highest BCUT2D eigenvalue weighted by atomic mass is 16.3. The second-order valence-electron chi connectivity index (χ2n) is 2.70. The zero-order valence-corrected chi connectivity index (χ0v) is 7.34. The van der Waals surface area contributed by atoms with Gasteiger partial charge in [0.1, 0.15) is 0 Å². The second-order valence-corrected chi connectivity index (χ2v) is 2.70. The molecule has 0 aromatic heterocycles. The normalized spacial score (nSPS) is 11.5. The molecule has 0 aliphatic heterocycles. The highest BCUT2D eigenvalue weighted by molar-refractivity contribution is 5.02. The van der Waals surface area contributed by atoms with E-state index < -0.39 is 0 Å². The summed E-state index contributed by atoms with van der Waals surface area (Å²) in [5.74, 6) is 0.455. The number of aliphatic hydroxyl groups excluding tert-OH is 1. The molecule has 0 aliphatic carbocycles. The van der Waals surface area contributed by atoms with Gasteiger partial charge in [-0.25, -0.2) is 0 Å². The van der Waals surface area contributed by atoms with Crippen LogP contribution in [0.1, 0.15) is 39.0 Å². The van der Waals surface area contributed by atoms with Gasteiger partial charge in [0.05, 0.1) is 5.76 Å². The van der Waals surface area contributed by atoms with Crippen LogP contribution in [0, 0.1) is 0 Å². The molecule has 64 valence electrons. The Bertz CT molecular complexity index is 125. The SMILES string of the molecule is C=CC=C(O)CCCCCC. The molecule has 0 unspecified atom stereocenters. The minimum atomic E-state index is 0.455. The highest BCUT2D eigenvalue weighted by Crippen LogP contribution is 2.07. The van der Waals surface area contributed by atoms with Crippen LogP contribution in [0.2, 0.25) is 0 Å². The molecular formula is C10H18O. The van der Waals surface area contributed by atoms with E-state index in [4.69, 9.17) is 5.11 Å². The molecule has 0 saturated carbocycles. The topological polar surface area (TPSA) is 20.2 Å². The van der Waals surface area contributed by atoms with Crippen LogP contribution in [-0.2, 0) is 0 Å². The molecule has 0 heterocycles. The molecule has 0 aromatic rings. The lowest BCUT2D eigenvalue weighted by atomic mass is 10.1. The Morgan fingerprint density at radius 1 is 1.36 bits per heavy atom. The van der Waals surface area contributed by atoms with Gasteiger partial charge in [0.25, 0.3) is 0 Å². The Kier molecular flexibility index (Phi) is 6.90. The molecule has 0 aromatic carbocycles. The van der Waals surface area contributed by atoms with Gasteiger partial charge in [-0.2, -0.15) is 0 Å². The fourth-order valence-corrected chi connectivity index (χ4v) is 0.952. The maximum Gasteiger partial charge on any atom is 0.0922 e. The van der Waals surface area contributed by atoms with Crippen molar-refractivity contribution in [1.82, 2.24) is 0 Å². The molecule has 0 spiro atoms. The van der Waals surface area contributed by atoms with Gasteiger partial charge in [-0.15, -0.1) is 0 Å². The first-order valence-electron chi connectivity index (χ1n) is 4.31. The number of rotatable bonds is 6. The molecular weight excluding hydrogens is 136 g/mol. The van der Waals surface area contributed by atoms with Crippen molar-refractivity contribution in [1.29, 1.82) is 0 Å². The summed E-state index contributed by atoms with van der Waals surface area (Å²) in [6.45, 7) is 5.69. The summed E-state index contributed by atoms with van der Waals surface area (Å²) in [5.41, 5.74) is 0. The standard InChI is InChI=1S/C10H18O/c1-3-5-6-7-9-10(11)8-4-2/h4,8,11H,2-3,5-7,9H2,1H3. The molecule has 1 nitrogen and oxygen atoms in total. The quantitative estimate of drug-likeness (QED) is 0.352. The van der Waals surface area contributed by atoms with Crippen LogP contribution in [0.25, 0.3) is 0 Å². The van der Waals surface area contributed by atoms with Gasteiger partial charge < -0.3 is 5.11 Å². The minimum Gasteiger partial charge on any atom is -0.512 e. The maximum atomic E-state index is 9.14. The van der Waals surface area contributed by atoms with Crippen molar-refractivity contribution < 1.29 is 5.11 Å². The van der Waals surface area contributed by atoms with Crippen molar-refractivity contribution in [2.24, 2.45) is 0 Å². The Balaban J connectivity index is 3.23. The van der Waals surface area contributed by atoms with E-state index in [2.05, 4.69) is 13.5 Å². The molecule has 0 radical (unpaired) electrons. The molecule has 0 atom stereocenters. The van der Waals surface area contributed by atoms with Crippen molar-refractivity contribution in [2.45, 2.75) is 39.0 Å². The van der Waals surface area contributed by atoms with E-state index in [0.717, 1.165) is 12.8 Å². The summed E-state index contributed by atoms with van der Waals surface area (Å²) < 4.78 is 0. The zero-order valence-electron chi connectivity index (χ0n) is 7.34. The van der Waals surface area contributed by atoms with Crippen LogP contribution in [0.5, 0.6) is 0 Å². The first kappa shape index (κ1) is 10.3. The third-order valence-electron chi connectivity index (χ3n) is 1.60. The largest absolute Gasteiger partial charge is 0.512 e. The average Bonchev–Trinajstić information content (AvgIpc) is 1.99. The summed E-state index contributed by atoms with van der Waals surface area (Å²) in [4.78, 5) is 0. The summed E-state index contributed by atoms with van der Waals surface area (Å²) in [7, 11) is 0. The van der Waals surface area contributed by atoms with E-state index in [1.807, 2.05) is 0 Å². The molecule has 0 amide bonds.